The summed E-state index contributed by atoms with van der Waals surface area (Å²) in [7, 11) is 1.61. The Bertz CT molecular complexity index is 542. The van der Waals surface area contributed by atoms with E-state index < -0.39 is 0 Å². The normalized spacial score (nSPS) is 18.9. The first-order chi connectivity index (χ1) is 9.44. The molecule has 0 unspecified atom stereocenters. The van der Waals surface area contributed by atoms with Crippen molar-refractivity contribution in [3.05, 3.63) is 4.88 Å². The molecule has 0 radical (unpaired) electrons. The van der Waals surface area contributed by atoms with Gasteiger partial charge in [-0.1, -0.05) is 0 Å². The third kappa shape index (κ3) is 2.39. The summed E-state index contributed by atoms with van der Waals surface area (Å²) in [6.07, 6.45) is 4.51. The Morgan fingerprint density at radius 3 is 2.50 bits per heavy atom. The minimum absolute atomic E-state index is 0.0183. The van der Waals surface area contributed by atoms with E-state index >= 15 is 0 Å². The molecule has 1 aromatic rings. The van der Waals surface area contributed by atoms with E-state index in [2.05, 4.69) is 19.2 Å². The highest BCUT2D eigenvalue weighted by molar-refractivity contribution is 7.19. The second-order valence-electron chi connectivity index (χ2n) is 6.47. The number of hydrogen-bond donors (Lipinski definition) is 2. The number of nitrogen functional groups attached to an aromatic ring is 1. The Kier molecular flexibility index (Phi) is 3.20. The standard InChI is InChI=1S/C15H22N2O2S/c1-15(2,9-6-7-9)17-14-12(19-3)10(16)13(20-14)11(18)8-4-5-8/h8-9,17H,4-7,16H2,1-3H3. The highest BCUT2D eigenvalue weighted by Gasteiger charge is 2.40. The number of nitrogens with two attached hydrogens (primary N) is 1. The maximum atomic E-state index is 12.3. The Labute approximate surface area is 123 Å². The molecule has 0 spiro atoms. The predicted octanol–water partition coefficient (Wildman–Crippen LogP) is 3.53. The number of ether oxygens (including phenoxy) is 1. The number of nitrogens with one attached hydrogen (secondary N) is 1. The van der Waals surface area contributed by atoms with Gasteiger partial charge in [0.1, 0.15) is 5.00 Å². The number of ketones is 1. The van der Waals surface area contributed by atoms with Gasteiger partial charge in [0.25, 0.3) is 0 Å². The lowest BCUT2D eigenvalue weighted by Crippen LogP contribution is -2.32. The van der Waals surface area contributed by atoms with Crippen molar-refractivity contribution >= 4 is 27.8 Å². The lowest BCUT2D eigenvalue weighted by atomic mass is 9.99. The minimum atomic E-state index is 0.0183. The van der Waals surface area contributed by atoms with E-state index in [1.807, 2.05) is 0 Å². The molecular formula is C15H22N2O2S. The summed E-state index contributed by atoms with van der Waals surface area (Å²) in [5.41, 5.74) is 6.64. The molecule has 2 fully saturated rings. The molecule has 0 aromatic carbocycles. The fourth-order valence-electron chi connectivity index (χ4n) is 2.63. The molecule has 2 aliphatic carbocycles. The molecule has 4 nitrogen and oxygen atoms in total. The van der Waals surface area contributed by atoms with Gasteiger partial charge in [-0.15, -0.1) is 11.3 Å². The van der Waals surface area contributed by atoms with Gasteiger partial charge in [-0.25, -0.2) is 0 Å². The highest BCUT2D eigenvalue weighted by atomic mass is 32.1. The van der Waals surface area contributed by atoms with Gasteiger partial charge in [0.2, 0.25) is 0 Å². The lowest BCUT2D eigenvalue weighted by Gasteiger charge is -2.27. The quantitative estimate of drug-likeness (QED) is 0.788. The fraction of sp³-hybridized carbons (Fsp3) is 0.667. The highest BCUT2D eigenvalue weighted by Crippen LogP contribution is 2.49. The van der Waals surface area contributed by atoms with E-state index in [0.29, 0.717) is 22.2 Å². The van der Waals surface area contributed by atoms with Gasteiger partial charge in [-0.05, 0) is 45.4 Å². The third-order valence-corrected chi connectivity index (χ3v) is 5.43. The zero-order valence-electron chi connectivity index (χ0n) is 12.3. The van der Waals surface area contributed by atoms with Gasteiger partial charge in [-0.3, -0.25) is 4.79 Å². The average molecular weight is 294 g/mol. The van der Waals surface area contributed by atoms with Crippen LogP contribution in [-0.4, -0.2) is 18.4 Å². The number of carbonyl (C=O) groups excluding carboxylic acids is 1. The van der Waals surface area contributed by atoms with E-state index in [1.54, 1.807) is 7.11 Å². The van der Waals surface area contributed by atoms with Gasteiger partial charge in [-0.2, -0.15) is 0 Å². The number of Topliss-reactive ketones (excluding diaryl/α,β-unsaturated/α-hetero) is 1. The van der Waals surface area contributed by atoms with Crippen LogP contribution in [0.4, 0.5) is 10.7 Å². The van der Waals surface area contributed by atoms with Crippen LogP contribution in [0.25, 0.3) is 0 Å². The number of hydrogen-bond acceptors (Lipinski definition) is 5. The van der Waals surface area contributed by atoms with Crippen molar-refractivity contribution in [1.29, 1.82) is 0 Å². The van der Waals surface area contributed by atoms with Crippen LogP contribution >= 0.6 is 11.3 Å². The molecule has 0 aliphatic heterocycles. The van der Waals surface area contributed by atoms with Crippen LogP contribution < -0.4 is 15.8 Å². The Balaban J connectivity index is 1.89. The summed E-state index contributed by atoms with van der Waals surface area (Å²) in [6.45, 7) is 4.39. The molecule has 20 heavy (non-hydrogen) atoms. The van der Waals surface area contributed by atoms with Gasteiger partial charge >= 0.3 is 0 Å². The van der Waals surface area contributed by atoms with Crippen molar-refractivity contribution in [2.24, 2.45) is 11.8 Å². The van der Waals surface area contributed by atoms with E-state index in [-0.39, 0.29) is 17.2 Å². The van der Waals surface area contributed by atoms with E-state index in [9.17, 15) is 4.79 Å². The summed E-state index contributed by atoms with van der Waals surface area (Å²) < 4.78 is 5.42. The summed E-state index contributed by atoms with van der Waals surface area (Å²) in [6, 6.07) is 0. The van der Waals surface area contributed by atoms with Crippen LogP contribution in [0.5, 0.6) is 5.75 Å². The number of rotatable bonds is 6. The molecule has 0 amide bonds. The zero-order chi connectivity index (χ0) is 14.5. The molecule has 5 heteroatoms. The van der Waals surface area contributed by atoms with E-state index in [0.717, 1.165) is 17.8 Å². The van der Waals surface area contributed by atoms with Crippen LogP contribution in [0, 0.1) is 11.8 Å². The summed E-state index contributed by atoms with van der Waals surface area (Å²) in [5.74, 6) is 1.69. The van der Waals surface area contributed by atoms with Crippen LogP contribution in [-0.2, 0) is 0 Å². The average Bonchev–Trinajstić information content (AvgIpc) is 3.27. The molecule has 2 saturated carbocycles. The smallest absolute Gasteiger partial charge is 0.178 e. The maximum Gasteiger partial charge on any atom is 0.178 e. The number of thiophene rings is 1. The molecule has 110 valence electrons. The van der Waals surface area contributed by atoms with Crippen molar-refractivity contribution in [3.63, 3.8) is 0 Å². The van der Waals surface area contributed by atoms with Crippen molar-refractivity contribution in [2.75, 3.05) is 18.2 Å². The van der Waals surface area contributed by atoms with Gasteiger partial charge in [0.05, 0.1) is 17.7 Å². The second-order valence-corrected chi connectivity index (χ2v) is 7.49. The van der Waals surface area contributed by atoms with Crippen molar-refractivity contribution in [1.82, 2.24) is 0 Å². The van der Waals surface area contributed by atoms with Crippen LogP contribution in [0.2, 0.25) is 0 Å². The molecule has 0 atom stereocenters. The van der Waals surface area contributed by atoms with Crippen molar-refractivity contribution < 1.29 is 9.53 Å². The van der Waals surface area contributed by atoms with Crippen LogP contribution in [0.3, 0.4) is 0 Å². The molecule has 2 aliphatic rings. The Hall–Kier alpha value is -1.23. The molecule has 3 rings (SSSR count). The monoisotopic (exact) mass is 294 g/mol. The van der Waals surface area contributed by atoms with Gasteiger partial charge in [0.15, 0.2) is 11.5 Å². The van der Waals surface area contributed by atoms with Crippen molar-refractivity contribution in [2.45, 2.75) is 45.1 Å². The largest absolute Gasteiger partial charge is 0.492 e. The van der Waals surface area contributed by atoms with Crippen LogP contribution in [0.1, 0.15) is 49.2 Å². The van der Waals surface area contributed by atoms with E-state index in [1.165, 1.54) is 24.2 Å². The molecule has 0 saturated heterocycles. The number of carbonyl (C=O) groups is 1. The Morgan fingerprint density at radius 2 is 2.00 bits per heavy atom. The summed E-state index contributed by atoms with van der Waals surface area (Å²) in [5, 5.41) is 4.43. The minimum Gasteiger partial charge on any atom is -0.492 e. The summed E-state index contributed by atoms with van der Waals surface area (Å²) in [4.78, 5) is 12.9. The first-order valence-corrected chi connectivity index (χ1v) is 8.04. The first-order valence-electron chi connectivity index (χ1n) is 7.22. The first kappa shape index (κ1) is 13.7. The summed E-state index contributed by atoms with van der Waals surface area (Å²) >= 11 is 1.45. The van der Waals surface area contributed by atoms with Crippen LogP contribution in [0.15, 0.2) is 0 Å². The second kappa shape index (κ2) is 4.65. The molecule has 1 heterocycles. The molecule has 0 bridgehead atoms. The lowest BCUT2D eigenvalue weighted by molar-refractivity contribution is 0.0972. The van der Waals surface area contributed by atoms with E-state index in [4.69, 9.17) is 10.5 Å². The number of methoxy groups -OCH3 is 1. The molecule has 1 aromatic heterocycles. The molecular weight excluding hydrogens is 272 g/mol. The SMILES string of the molecule is COc1c(NC(C)(C)C2CC2)sc(C(=O)C2CC2)c1N. The van der Waals surface area contributed by atoms with Gasteiger partial charge < -0.3 is 15.8 Å². The number of anilines is 2. The fourth-order valence-corrected chi connectivity index (χ4v) is 3.90. The molecule has 3 N–H and O–H groups in total. The Morgan fingerprint density at radius 1 is 1.35 bits per heavy atom. The maximum absolute atomic E-state index is 12.3. The predicted molar refractivity (Wildman–Crippen MR) is 82.8 cm³/mol. The zero-order valence-corrected chi connectivity index (χ0v) is 13.1. The van der Waals surface area contributed by atoms with Gasteiger partial charge in [0, 0.05) is 11.5 Å². The van der Waals surface area contributed by atoms with Crippen molar-refractivity contribution in [3.8, 4) is 5.75 Å². The topological polar surface area (TPSA) is 64.3 Å². The third-order valence-electron chi connectivity index (χ3n) is 4.31.